The smallest absolute Gasteiger partial charge is 0.346 e. The molecule has 0 atom stereocenters. The summed E-state index contributed by atoms with van der Waals surface area (Å²) in [6.07, 6.45) is 0.969. The normalized spacial score (nSPS) is 15.1. The number of carboxylic acids is 2. The molecule has 0 aromatic carbocycles. The van der Waals surface area contributed by atoms with Gasteiger partial charge in [-0.1, -0.05) is 0 Å². The highest BCUT2D eigenvalue weighted by molar-refractivity contribution is 7.18. The second-order valence-electron chi connectivity index (χ2n) is 4.67. The highest BCUT2D eigenvalue weighted by Gasteiger charge is 2.52. The first-order chi connectivity index (χ1) is 9.82. The summed E-state index contributed by atoms with van der Waals surface area (Å²) in [7, 11) is 0. The summed E-state index contributed by atoms with van der Waals surface area (Å²) >= 11 is 0.752. The van der Waals surface area contributed by atoms with Crippen molar-refractivity contribution in [2.45, 2.75) is 25.3 Å². The van der Waals surface area contributed by atoms with Crippen LogP contribution in [0.5, 0.6) is 0 Å². The lowest BCUT2D eigenvalue weighted by Crippen LogP contribution is -2.43. The Balaban J connectivity index is 2.37. The molecule has 1 aliphatic rings. The number of anilines is 1. The molecule has 1 fully saturated rings. The van der Waals surface area contributed by atoms with Crippen LogP contribution >= 0.6 is 11.3 Å². The van der Waals surface area contributed by atoms with Gasteiger partial charge >= 0.3 is 11.9 Å². The molecule has 0 radical (unpaired) electrons. The largest absolute Gasteiger partial charge is 0.480 e. The molecule has 1 aliphatic carbocycles. The van der Waals surface area contributed by atoms with E-state index < -0.39 is 23.4 Å². The second-order valence-corrected chi connectivity index (χ2v) is 5.69. The molecule has 0 spiro atoms. The first kappa shape index (κ1) is 15.0. The average Bonchev–Trinajstić information content (AvgIpc) is 3.09. The number of aromatic carboxylic acids is 1. The lowest BCUT2D eigenvalue weighted by Gasteiger charge is -2.13. The number of rotatable bonds is 6. The van der Waals surface area contributed by atoms with Crippen molar-refractivity contribution in [2.75, 3.05) is 5.32 Å². The molecular weight excluding hydrogens is 300 g/mol. The van der Waals surface area contributed by atoms with Gasteiger partial charge in [0.1, 0.15) is 15.4 Å². The van der Waals surface area contributed by atoms with Gasteiger partial charge in [0.2, 0.25) is 6.41 Å². The van der Waals surface area contributed by atoms with Crippen molar-refractivity contribution in [1.82, 2.24) is 5.32 Å². The molecule has 0 bridgehead atoms. The van der Waals surface area contributed by atoms with E-state index in [0.717, 1.165) is 11.3 Å². The van der Waals surface area contributed by atoms with E-state index in [1.165, 1.54) is 6.92 Å². The minimum atomic E-state index is -1.28. The van der Waals surface area contributed by atoms with E-state index in [2.05, 4.69) is 10.6 Å². The Hall–Kier alpha value is -2.42. The number of carbonyl (C=O) groups excluding carboxylic acids is 2. The van der Waals surface area contributed by atoms with Crippen molar-refractivity contribution in [2.24, 2.45) is 0 Å². The monoisotopic (exact) mass is 312 g/mol. The van der Waals surface area contributed by atoms with Gasteiger partial charge in [-0.2, -0.15) is 0 Å². The fourth-order valence-corrected chi connectivity index (χ4v) is 2.94. The maximum Gasteiger partial charge on any atom is 0.346 e. The van der Waals surface area contributed by atoms with Crippen LogP contribution in [0, 0.1) is 6.92 Å². The molecule has 1 saturated carbocycles. The van der Waals surface area contributed by atoms with Crippen molar-refractivity contribution in [1.29, 1.82) is 0 Å². The van der Waals surface area contributed by atoms with Crippen molar-refractivity contribution in [3.05, 3.63) is 16.0 Å². The fourth-order valence-electron chi connectivity index (χ4n) is 1.94. The van der Waals surface area contributed by atoms with Crippen LogP contribution in [-0.2, 0) is 9.59 Å². The maximum absolute atomic E-state index is 12.2. The van der Waals surface area contributed by atoms with Crippen LogP contribution in [0.4, 0.5) is 5.00 Å². The third-order valence-electron chi connectivity index (χ3n) is 3.27. The molecule has 21 heavy (non-hydrogen) atoms. The number of carbonyl (C=O) groups is 4. The molecule has 0 aliphatic heterocycles. The van der Waals surface area contributed by atoms with Crippen LogP contribution < -0.4 is 10.6 Å². The van der Waals surface area contributed by atoms with E-state index in [0.29, 0.717) is 19.3 Å². The first-order valence-corrected chi connectivity index (χ1v) is 6.77. The van der Waals surface area contributed by atoms with E-state index in [1.54, 1.807) is 0 Å². The number of thiophene rings is 1. The molecule has 0 saturated heterocycles. The third kappa shape index (κ3) is 2.59. The Kier molecular flexibility index (Phi) is 3.69. The zero-order valence-corrected chi connectivity index (χ0v) is 11.7. The molecule has 2 rings (SSSR count). The summed E-state index contributed by atoms with van der Waals surface area (Å²) in [5.41, 5.74) is -1.11. The molecule has 8 nitrogen and oxygen atoms in total. The Labute approximate surface area is 122 Å². The van der Waals surface area contributed by atoms with E-state index in [1.807, 2.05) is 0 Å². The number of nitrogens with one attached hydrogen (secondary N) is 2. The SMILES string of the molecule is Cc1c(C(=O)O)sc(NC=O)c1C(=O)NC1(C(=O)O)CC1. The van der Waals surface area contributed by atoms with E-state index >= 15 is 0 Å². The highest BCUT2D eigenvalue weighted by Crippen LogP contribution is 2.38. The quantitative estimate of drug-likeness (QED) is 0.571. The molecule has 0 unspecified atom stereocenters. The van der Waals surface area contributed by atoms with Crippen molar-refractivity contribution in [3.8, 4) is 0 Å². The summed E-state index contributed by atoms with van der Waals surface area (Å²) in [5.74, 6) is -3.06. The summed E-state index contributed by atoms with van der Waals surface area (Å²) in [6, 6.07) is 0. The highest BCUT2D eigenvalue weighted by atomic mass is 32.1. The Bertz CT molecular complexity index is 646. The van der Waals surface area contributed by atoms with Crippen LogP contribution in [0.1, 0.15) is 38.4 Å². The van der Waals surface area contributed by atoms with Crippen LogP contribution in [0.25, 0.3) is 0 Å². The van der Waals surface area contributed by atoms with Crippen LogP contribution in [0.2, 0.25) is 0 Å². The van der Waals surface area contributed by atoms with E-state index in [9.17, 15) is 19.2 Å². The van der Waals surface area contributed by atoms with Crippen LogP contribution in [0.15, 0.2) is 0 Å². The second kappa shape index (κ2) is 5.17. The lowest BCUT2D eigenvalue weighted by molar-refractivity contribution is -0.140. The molecule has 9 heteroatoms. The first-order valence-electron chi connectivity index (χ1n) is 5.95. The molecular formula is C12H12N2O6S. The van der Waals surface area contributed by atoms with Gasteiger partial charge in [0.05, 0.1) is 5.56 Å². The molecule has 2 amide bonds. The molecule has 112 valence electrons. The lowest BCUT2D eigenvalue weighted by atomic mass is 10.1. The van der Waals surface area contributed by atoms with Gasteiger partial charge in [-0.25, -0.2) is 9.59 Å². The topological polar surface area (TPSA) is 133 Å². The summed E-state index contributed by atoms with van der Waals surface area (Å²) < 4.78 is 0. The zero-order valence-electron chi connectivity index (χ0n) is 10.9. The van der Waals surface area contributed by atoms with Gasteiger partial charge in [0.25, 0.3) is 5.91 Å². The van der Waals surface area contributed by atoms with Gasteiger partial charge in [-0.05, 0) is 25.3 Å². The minimum Gasteiger partial charge on any atom is -0.480 e. The standard InChI is InChI=1S/C12H12N2O6S/c1-5-6(8(16)14-12(2-3-12)11(19)20)9(13-4-15)21-7(5)10(17)18/h4H,2-3H2,1H3,(H,13,15)(H,14,16)(H,17,18)(H,19,20). The van der Waals surface area contributed by atoms with Gasteiger partial charge in [-0.3, -0.25) is 9.59 Å². The summed E-state index contributed by atoms with van der Waals surface area (Å²) in [6.45, 7) is 1.44. The number of hydrogen-bond donors (Lipinski definition) is 4. The fraction of sp³-hybridized carbons (Fsp3) is 0.333. The predicted octanol–water partition coefficient (Wildman–Crippen LogP) is 0.670. The Morgan fingerprint density at radius 3 is 2.33 bits per heavy atom. The van der Waals surface area contributed by atoms with Crippen LogP contribution in [-0.4, -0.2) is 40.0 Å². The number of amides is 2. The summed E-state index contributed by atoms with van der Waals surface area (Å²) in [5, 5.41) is 22.9. The van der Waals surface area contributed by atoms with Crippen LogP contribution in [0.3, 0.4) is 0 Å². The van der Waals surface area contributed by atoms with Gasteiger partial charge < -0.3 is 20.8 Å². The minimum absolute atomic E-state index is 0.0166. The van der Waals surface area contributed by atoms with Gasteiger partial charge in [-0.15, -0.1) is 11.3 Å². The molecule has 1 aromatic heterocycles. The Morgan fingerprint density at radius 2 is 1.90 bits per heavy atom. The third-order valence-corrected chi connectivity index (χ3v) is 4.48. The van der Waals surface area contributed by atoms with Gasteiger partial charge in [0, 0.05) is 0 Å². The van der Waals surface area contributed by atoms with Crippen molar-refractivity contribution >= 4 is 40.6 Å². The molecule has 1 aromatic rings. The zero-order chi connectivity index (χ0) is 15.8. The maximum atomic E-state index is 12.2. The number of aliphatic carboxylic acids is 1. The molecule has 1 heterocycles. The average molecular weight is 312 g/mol. The van der Waals surface area contributed by atoms with Crippen molar-refractivity contribution < 1.29 is 29.4 Å². The van der Waals surface area contributed by atoms with Gasteiger partial charge in [0.15, 0.2) is 0 Å². The molecule has 4 N–H and O–H groups in total. The number of carboxylic acid groups (broad SMARTS) is 2. The Morgan fingerprint density at radius 1 is 1.29 bits per heavy atom. The van der Waals surface area contributed by atoms with E-state index in [4.69, 9.17) is 10.2 Å². The van der Waals surface area contributed by atoms with Crippen molar-refractivity contribution in [3.63, 3.8) is 0 Å². The summed E-state index contributed by atoms with van der Waals surface area (Å²) in [4.78, 5) is 44.9. The predicted molar refractivity (Wildman–Crippen MR) is 72.8 cm³/mol. The number of hydrogen-bond acceptors (Lipinski definition) is 5. The van der Waals surface area contributed by atoms with E-state index in [-0.39, 0.29) is 21.0 Å².